The molecule has 8 heteroatoms. The lowest BCUT2D eigenvalue weighted by Gasteiger charge is -2.29. The van der Waals surface area contributed by atoms with Gasteiger partial charge in [-0.25, -0.2) is 9.59 Å². The molecule has 32 heavy (non-hydrogen) atoms. The summed E-state index contributed by atoms with van der Waals surface area (Å²) in [6, 6.07) is 12.1. The molecule has 164 valence electrons. The summed E-state index contributed by atoms with van der Waals surface area (Å²) in [6.07, 6.45) is 0. The van der Waals surface area contributed by atoms with Gasteiger partial charge in [-0.05, 0) is 31.5 Å². The number of ether oxygens (including phenoxy) is 2. The smallest absolute Gasteiger partial charge is 0.341 e. The van der Waals surface area contributed by atoms with Gasteiger partial charge in [0.15, 0.2) is 12.4 Å². The van der Waals surface area contributed by atoms with E-state index in [9.17, 15) is 14.4 Å². The van der Waals surface area contributed by atoms with Crippen LogP contribution in [0.2, 0.25) is 5.02 Å². The van der Waals surface area contributed by atoms with Crippen LogP contribution in [0.4, 0.5) is 0 Å². The van der Waals surface area contributed by atoms with Gasteiger partial charge in [-0.1, -0.05) is 41.9 Å². The van der Waals surface area contributed by atoms with Crippen molar-refractivity contribution in [1.29, 1.82) is 0 Å². The lowest BCUT2D eigenvalue weighted by molar-refractivity contribution is -0.140. The third-order valence-corrected chi connectivity index (χ3v) is 5.68. The van der Waals surface area contributed by atoms with Crippen LogP contribution in [-0.4, -0.2) is 36.0 Å². The van der Waals surface area contributed by atoms with E-state index in [4.69, 9.17) is 26.2 Å². The fourth-order valence-corrected chi connectivity index (χ4v) is 4.34. The number of carboxylic acids is 1. The van der Waals surface area contributed by atoms with Crippen LogP contribution in [0.3, 0.4) is 0 Å². The number of hydrogen-bond acceptors (Lipinski definition) is 6. The van der Waals surface area contributed by atoms with Crippen LogP contribution < -0.4 is 10.1 Å². The van der Waals surface area contributed by atoms with E-state index in [1.807, 2.05) is 12.1 Å². The van der Waals surface area contributed by atoms with Crippen molar-refractivity contribution in [2.45, 2.75) is 19.8 Å². The number of fused-ring (bicyclic) bond motifs is 2. The van der Waals surface area contributed by atoms with Crippen molar-refractivity contribution in [3.63, 3.8) is 0 Å². The molecular formula is C24H20ClNO6. The van der Waals surface area contributed by atoms with Crippen molar-refractivity contribution < 1.29 is 29.0 Å². The highest BCUT2D eigenvalue weighted by molar-refractivity contribution is 6.32. The average molecular weight is 454 g/mol. The van der Waals surface area contributed by atoms with Gasteiger partial charge in [0.25, 0.3) is 0 Å². The SMILES string of the molecule is CCOC(=O)C1=C(C)NC2=C(C(=O)c3ccccc32)[C@H]1c1ccc(OCC(=O)O)c(Cl)c1. The van der Waals surface area contributed by atoms with E-state index in [-0.39, 0.29) is 23.2 Å². The molecule has 0 unspecified atom stereocenters. The number of carbonyl (C=O) groups excluding carboxylic acids is 2. The molecule has 2 N–H and O–H groups in total. The number of hydrogen-bond donors (Lipinski definition) is 2. The highest BCUT2D eigenvalue weighted by Crippen LogP contribution is 2.47. The number of ketones is 1. The van der Waals surface area contributed by atoms with Gasteiger partial charge >= 0.3 is 11.9 Å². The van der Waals surface area contributed by atoms with Crippen molar-refractivity contribution in [2.24, 2.45) is 0 Å². The lowest BCUT2D eigenvalue weighted by Crippen LogP contribution is -2.29. The molecule has 0 bridgehead atoms. The van der Waals surface area contributed by atoms with Crippen LogP contribution >= 0.6 is 11.6 Å². The molecule has 2 aromatic carbocycles. The van der Waals surface area contributed by atoms with Gasteiger partial charge in [0.2, 0.25) is 0 Å². The third kappa shape index (κ3) is 3.65. The van der Waals surface area contributed by atoms with Crippen LogP contribution in [-0.2, 0) is 14.3 Å². The zero-order valence-electron chi connectivity index (χ0n) is 17.4. The third-order valence-electron chi connectivity index (χ3n) is 5.38. The quantitative estimate of drug-likeness (QED) is 0.639. The first-order valence-corrected chi connectivity index (χ1v) is 10.4. The number of aliphatic carboxylic acids is 1. The minimum absolute atomic E-state index is 0.174. The minimum Gasteiger partial charge on any atom is -0.480 e. The fourth-order valence-electron chi connectivity index (χ4n) is 4.09. The Hall–Kier alpha value is -3.58. The number of allylic oxidation sites excluding steroid dienone is 2. The number of benzene rings is 2. The van der Waals surface area contributed by atoms with Gasteiger partial charge in [-0.3, -0.25) is 4.79 Å². The number of carbonyl (C=O) groups is 3. The minimum atomic E-state index is -1.13. The molecule has 0 fully saturated rings. The number of Topliss-reactive ketones (excluding diaryl/α,β-unsaturated/α-hetero) is 1. The van der Waals surface area contributed by atoms with E-state index in [1.54, 1.807) is 38.1 Å². The molecule has 2 aliphatic rings. The van der Waals surface area contributed by atoms with Crippen LogP contribution in [0.5, 0.6) is 5.75 Å². The van der Waals surface area contributed by atoms with Crippen LogP contribution in [0.1, 0.15) is 41.3 Å². The summed E-state index contributed by atoms with van der Waals surface area (Å²) >= 11 is 6.36. The normalized spacial score (nSPS) is 17.0. The maximum atomic E-state index is 13.4. The molecule has 4 rings (SSSR count). The van der Waals surface area contributed by atoms with E-state index >= 15 is 0 Å². The fraction of sp³-hybridized carbons (Fsp3) is 0.208. The predicted octanol–water partition coefficient (Wildman–Crippen LogP) is 3.93. The molecule has 0 saturated carbocycles. The molecule has 1 atom stereocenters. The summed E-state index contributed by atoms with van der Waals surface area (Å²) < 4.78 is 10.5. The van der Waals surface area contributed by atoms with E-state index < -0.39 is 24.5 Å². The van der Waals surface area contributed by atoms with Crippen molar-refractivity contribution in [2.75, 3.05) is 13.2 Å². The van der Waals surface area contributed by atoms with Crippen LogP contribution in [0, 0.1) is 0 Å². The highest BCUT2D eigenvalue weighted by Gasteiger charge is 2.43. The van der Waals surface area contributed by atoms with Gasteiger partial charge in [-0.2, -0.15) is 0 Å². The Morgan fingerprint density at radius 1 is 1.16 bits per heavy atom. The average Bonchev–Trinajstić information content (AvgIpc) is 3.04. The standard InChI is InChI=1S/C24H20ClNO6/c1-3-31-24(30)19-12(2)26-22-14-6-4-5-7-15(14)23(29)21(22)20(19)13-8-9-17(16(25)10-13)32-11-18(27)28/h4-10,20,26H,3,11H2,1-2H3,(H,27,28)/t20-/m0/s1. The second-order valence-electron chi connectivity index (χ2n) is 7.35. The number of rotatable bonds is 6. The highest BCUT2D eigenvalue weighted by atomic mass is 35.5. The predicted molar refractivity (Wildman–Crippen MR) is 117 cm³/mol. The first-order valence-electron chi connectivity index (χ1n) is 10.0. The summed E-state index contributed by atoms with van der Waals surface area (Å²) in [7, 11) is 0. The van der Waals surface area contributed by atoms with Crippen LogP contribution in [0.15, 0.2) is 59.3 Å². The Balaban J connectivity index is 1.84. The van der Waals surface area contributed by atoms with Crippen molar-refractivity contribution in [3.05, 3.63) is 81.0 Å². The zero-order chi connectivity index (χ0) is 23.0. The molecule has 0 radical (unpaired) electrons. The maximum Gasteiger partial charge on any atom is 0.341 e. The van der Waals surface area contributed by atoms with Crippen molar-refractivity contribution >= 4 is 35.0 Å². The molecule has 0 amide bonds. The van der Waals surface area contributed by atoms with Gasteiger partial charge in [-0.15, -0.1) is 0 Å². The summed E-state index contributed by atoms with van der Waals surface area (Å²) in [6.45, 7) is 3.12. The number of esters is 1. The lowest BCUT2D eigenvalue weighted by atomic mass is 9.80. The maximum absolute atomic E-state index is 13.4. The molecule has 1 heterocycles. The largest absolute Gasteiger partial charge is 0.480 e. The first-order chi connectivity index (χ1) is 15.3. The second-order valence-corrected chi connectivity index (χ2v) is 7.76. The van der Waals surface area contributed by atoms with Gasteiger partial charge in [0, 0.05) is 28.3 Å². The Labute approximate surface area is 189 Å². The van der Waals surface area contributed by atoms with E-state index in [0.29, 0.717) is 33.7 Å². The number of nitrogens with one attached hydrogen (secondary N) is 1. The Morgan fingerprint density at radius 3 is 2.53 bits per heavy atom. The number of dihydropyridines is 1. The molecule has 7 nitrogen and oxygen atoms in total. The summed E-state index contributed by atoms with van der Waals surface area (Å²) in [4.78, 5) is 37.1. The molecular weight excluding hydrogens is 434 g/mol. The van der Waals surface area contributed by atoms with E-state index in [0.717, 1.165) is 5.56 Å². The zero-order valence-corrected chi connectivity index (χ0v) is 18.2. The monoisotopic (exact) mass is 453 g/mol. The Bertz CT molecular complexity index is 1210. The van der Waals surface area contributed by atoms with Crippen molar-refractivity contribution in [1.82, 2.24) is 5.32 Å². The Kier molecular flexibility index (Phi) is 5.76. The van der Waals surface area contributed by atoms with Gasteiger partial charge in [0.05, 0.1) is 22.9 Å². The molecule has 2 aromatic rings. The summed E-state index contributed by atoms with van der Waals surface area (Å²) in [5, 5.41) is 12.2. The van der Waals surface area contributed by atoms with E-state index in [1.165, 1.54) is 6.07 Å². The number of carboxylic acid groups (broad SMARTS) is 1. The summed E-state index contributed by atoms with van der Waals surface area (Å²) in [5.41, 5.74) is 3.92. The summed E-state index contributed by atoms with van der Waals surface area (Å²) in [5.74, 6) is -2.35. The van der Waals surface area contributed by atoms with Crippen molar-refractivity contribution in [3.8, 4) is 5.75 Å². The molecule has 0 aromatic heterocycles. The second kappa shape index (κ2) is 8.51. The Morgan fingerprint density at radius 2 is 1.88 bits per heavy atom. The van der Waals surface area contributed by atoms with E-state index in [2.05, 4.69) is 5.32 Å². The van der Waals surface area contributed by atoms with Crippen LogP contribution in [0.25, 0.3) is 5.70 Å². The molecule has 0 saturated heterocycles. The van der Waals surface area contributed by atoms with Gasteiger partial charge in [0.1, 0.15) is 5.75 Å². The topological polar surface area (TPSA) is 102 Å². The van der Waals surface area contributed by atoms with Gasteiger partial charge < -0.3 is 19.9 Å². The number of halogens is 1. The molecule has 1 aliphatic carbocycles. The molecule has 1 aliphatic heterocycles. The first kappa shape index (κ1) is 21.6. The molecule has 0 spiro atoms.